The third kappa shape index (κ3) is 9.00. The molecule has 356 valence electrons. The number of imidazole rings is 2. The second kappa shape index (κ2) is 19.3. The standard InChI is InChI=1S/C53H64N10O5/c1-32(2)28-48(64)61-22-6-8-45(61)50-55-39-17-12-35(29-41(39)57-50)43-19-20-44(63(43)38-15-10-34(11-16-38)37-14-21-47(54-31-37)60-24-26-68-27-25-60)36-13-18-40-42(30-36)58-51(56-40)46-9-7-23-62(46)52(65)49(33(3)4)59-53(66)67-5/h10-18,21,29-33,43-46,49H,6-9,19-20,22-28H2,1-5H3,(H,55,57)(H,56,58)(H,59,66)/t43-,44-,45+,46+,49+/m1/s1. The highest BCUT2D eigenvalue weighted by Crippen LogP contribution is 2.48. The number of pyridine rings is 1. The van der Waals surface area contributed by atoms with Gasteiger partial charge >= 0.3 is 6.09 Å². The first-order chi connectivity index (χ1) is 33.0. The van der Waals surface area contributed by atoms with Crippen LogP contribution < -0.4 is 15.1 Å². The minimum atomic E-state index is -0.703. The van der Waals surface area contributed by atoms with E-state index >= 15 is 0 Å². The number of hydrogen-bond donors (Lipinski definition) is 3. The quantitative estimate of drug-likeness (QED) is 0.108. The van der Waals surface area contributed by atoms with Gasteiger partial charge in [0, 0.05) is 50.0 Å². The van der Waals surface area contributed by atoms with Gasteiger partial charge < -0.3 is 44.4 Å². The van der Waals surface area contributed by atoms with E-state index in [-0.39, 0.29) is 41.9 Å². The molecule has 4 fully saturated rings. The van der Waals surface area contributed by atoms with E-state index in [1.54, 1.807) is 0 Å². The number of benzene rings is 3. The van der Waals surface area contributed by atoms with Crippen LogP contribution in [0, 0.1) is 11.8 Å². The lowest BCUT2D eigenvalue weighted by Crippen LogP contribution is -2.51. The summed E-state index contributed by atoms with van der Waals surface area (Å²) in [4.78, 5) is 70.4. The van der Waals surface area contributed by atoms with Gasteiger partial charge in [0.1, 0.15) is 23.5 Å². The van der Waals surface area contributed by atoms with E-state index in [1.807, 2.05) is 29.8 Å². The molecule has 3 N–H and O–H groups in total. The van der Waals surface area contributed by atoms with Crippen LogP contribution in [0.2, 0.25) is 0 Å². The minimum Gasteiger partial charge on any atom is -0.453 e. The zero-order valence-corrected chi connectivity index (χ0v) is 39.9. The van der Waals surface area contributed by atoms with Crippen LogP contribution in [0.1, 0.15) is 120 Å². The lowest BCUT2D eigenvalue weighted by atomic mass is 10.0. The van der Waals surface area contributed by atoms with E-state index in [2.05, 4.69) is 112 Å². The molecule has 4 aliphatic heterocycles. The predicted molar refractivity (Wildman–Crippen MR) is 263 cm³/mol. The molecule has 3 aromatic carbocycles. The summed E-state index contributed by atoms with van der Waals surface area (Å²) in [5, 5.41) is 2.76. The Morgan fingerprint density at radius 3 is 1.87 bits per heavy atom. The number of morpholine rings is 1. The first kappa shape index (κ1) is 45.3. The number of hydrogen-bond acceptors (Lipinski definition) is 10. The van der Waals surface area contributed by atoms with Crippen LogP contribution in [-0.4, -0.2) is 105 Å². The van der Waals surface area contributed by atoms with Crippen molar-refractivity contribution in [2.24, 2.45) is 11.8 Å². The van der Waals surface area contributed by atoms with E-state index in [0.717, 1.165) is 128 Å². The third-order valence-electron chi connectivity index (χ3n) is 14.5. The summed E-state index contributed by atoms with van der Waals surface area (Å²) in [5.74, 6) is 2.86. The fraction of sp³-hybridized carbons (Fsp3) is 0.472. The van der Waals surface area contributed by atoms with Gasteiger partial charge in [-0.15, -0.1) is 0 Å². The molecule has 3 amide bonds. The number of carbonyl (C=O) groups excluding carboxylic acids is 3. The maximum absolute atomic E-state index is 13.9. The number of fused-ring (bicyclic) bond motifs is 2. The summed E-state index contributed by atoms with van der Waals surface area (Å²) in [6.45, 7) is 12.5. The molecule has 0 radical (unpaired) electrons. The largest absolute Gasteiger partial charge is 0.453 e. The average Bonchev–Trinajstić information content (AvgIpc) is 4.22. The number of aromatic amines is 2. The molecule has 6 aromatic rings. The van der Waals surface area contributed by atoms with Crippen LogP contribution in [-0.2, 0) is 19.1 Å². The SMILES string of the molecule is COC(=O)N[C@H](C(=O)N1CCC[C@H]1c1nc2ccc([C@H]3CC[C@H](c4ccc5nc([C@@H]6CCCN6C(=O)CC(C)C)[nH]c5c4)N3c3ccc(-c4ccc(N5CCOCC5)nc4)cc3)cc2[nH]1)C(C)C. The molecule has 3 aromatic heterocycles. The fourth-order valence-corrected chi connectivity index (χ4v) is 11.0. The molecule has 15 nitrogen and oxygen atoms in total. The highest BCUT2D eigenvalue weighted by atomic mass is 16.5. The van der Waals surface area contributed by atoms with Crippen molar-refractivity contribution in [2.45, 2.75) is 103 Å². The summed E-state index contributed by atoms with van der Waals surface area (Å²) < 4.78 is 10.4. The molecule has 0 bridgehead atoms. The van der Waals surface area contributed by atoms with Gasteiger partial charge in [-0.3, -0.25) is 9.59 Å². The van der Waals surface area contributed by atoms with Crippen molar-refractivity contribution >= 4 is 51.5 Å². The number of alkyl carbamates (subject to hydrolysis) is 1. The maximum Gasteiger partial charge on any atom is 0.407 e. The lowest BCUT2D eigenvalue weighted by Gasteiger charge is -2.33. The topological polar surface area (TPSA) is 165 Å². The number of anilines is 2. The number of nitrogens with zero attached hydrogens (tertiary/aromatic N) is 7. The van der Waals surface area contributed by atoms with Crippen molar-refractivity contribution in [3.63, 3.8) is 0 Å². The summed E-state index contributed by atoms with van der Waals surface area (Å²) in [6, 6.07) is 25.5. The summed E-state index contributed by atoms with van der Waals surface area (Å²) >= 11 is 0. The van der Waals surface area contributed by atoms with Crippen molar-refractivity contribution in [3.8, 4) is 11.1 Å². The highest BCUT2D eigenvalue weighted by molar-refractivity contribution is 5.87. The number of nitrogens with one attached hydrogen (secondary N) is 3. The normalized spacial score (nSPS) is 21.5. The van der Waals surface area contributed by atoms with Crippen molar-refractivity contribution in [1.82, 2.24) is 40.0 Å². The van der Waals surface area contributed by atoms with Crippen LogP contribution in [0.3, 0.4) is 0 Å². The van der Waals surface area contributed by atoms with E-state index in [9.17, 15) is 14.4 Å². The molecule has 0 saturated carbocycles. The second-order valence-electron chi connectivity index (χ2n) is 19.8. The lowest BCUT2D eigenvalue weighted by molar-refractivity contribution is -0.135. The van der Waals surface area contributed by atoms with E-state index in [0.29, 0.717) is 18.9 Å². The van der Waals surface area contributed by atoms with Crippen LogP contribution in [0.25, 0.3) is 33.2 Å². The van der Waals surface area contributed by atoms with Crippen LogP contribution in [0.15, 0.2) is 79.0 Å². The number of ether oxygens (including phenoxy) is 2. The number of aromatic nitrogens is 5. The molecular formula is C53H64N10O5. The molecule has 5 atom stereocenters. The summed E-state index contributed by atoms with van der Waals surface area (Å²) in [6.07, 6.45) is 7.27. The number of likely N-dealkylation sites (tertiary alicyclic amines) is 2. The van der Waals surface area contributed by atoms with Gasteiger partial charge in [-0.25, -0.2) is 19.7 Å². The second-order valence-corrected chi connectivity index (χ2v) is 19.8. The van der Waals surface area contributed by atoms with Gasteiger partial charge in [0.2, 0.25) is 11.8 Å². The third-order valence-corrected chi connectivity index (χ3v) is 14.5. The van der Waals surface area contributed by atoms with Gasteiger partial charge in [-0.05, 0) is 116 Å². The minimum absolute atomic E-state index is 0.0376. The first-order valence-electron chi connectivity index (χ1n) is 24.6. The molecule has 10 rings (SSSR count). The Morgan fingerprint density at radius 2 is 1.31 bits per heavy atom. The van der Waals surface area contributed by atoms with Crippen molar-refractivity contribution in [3.05, 3.63) is 102 Å². The number of rotatable bonds is 12. The molecular weight excluding hydrogens is 857 g/mol. The van der Waals surface area contributed by atoms with Crippen LogP contribution in [0.4, 0.5) is 16.3 Å². The van der Waals surface area contributed by atoms with Crippen molar-refractivity contribution in [1.29, 1.82) is 0 Å². The van der Waals surface area contributed by atoms with E-state index in [1.165, 1.54) is 18.2 Å². The predicted octanol–water partition coefficient (Wildman–Crippen LogP) is 9.17. The molecule has 0 aliphatic carbocycles. The molecule has 0 spiro atoms. The molecule has 7 heterocycles. The summed E-state index contributed by atoms with van der Waals surface area (Å²) in [7, 11) is 1.31. The average molecular weight is 921 g/mol. The molecule has 4 aliphatic rings. The Balaban J connectivity index is 0.955. The zero-order valence-electron chi connectivity index (χ0n) is 39.9. The smallest absolute Gasteiger partial charge is 0.407 e. The Hall–Kier alpha value is -6.48. The monoisotopic (exact) mass is 921 g/mol. The van der Waals surface area contributed by atoms with Gasteiger partial charge in [0.15, 0.2) is 0 Å². The molecule has 68 heavy (non-hydrogen) atoms. The van der Waals surface area contributed by atoms with Gasteiger partial charge in [-0.2, -0.15) is 0 Å². The Kier molecular flexibility index (Phi) is 12.8. The zero-order chi connectivity index (χ0) is 47.1. The van der Waals surface area contributed by atoms with Gasteiger partial charge in [0.05, 0.1) is 66.6 Å². The Labute approximate surface area is 398 Å². The van der Waals surface area contributed by atoms with E-state index < -0.39 is 12.1 Å². The Bertz CT molecular complexity index is 2760. The van der Waals surface area contributed by atoms with Gasteiger partial charge in [0.25, 0.3) is 0 Å². The van der Waals surface area contributed by atoms with Crippen molar-refractivity contribution < 1.29 is 23.9 Å². The summed E-state index contributed by atoms with van der Waals surface area (Å²) in [5.41, 5.74) is 9.36. The highest BCUT2D eigenvalue weighted by Gasteiger charge is 2.39. The maximum atomic E-state index is 13.9. The van der Waals surface area contributed by atoms with E-state index in [4.69, 9.17) is 24.4 Å². The number of methoxy groups -OCH3 is 1. The number of H-pyrrole nitrogens is 2. The number of amides is 3. The molecule has 0 unspecified atom stereocenters. The fourth-order valence-electron chi connectivity index (χ4n) is 11.0. The Morgan fingerprint density at radius 1 is 0.721 bits per heavy atom. The van der Waals surface area contributed by atoms with Crippen LogP contribution >= 0.6 is 0 Å². The van der Waals surface area contributed by atoms with Crippen molar-refractivity contribution in [2.75, 3.05) is 56.3 Å². The van der Waals surface area contributed by atoms with Crippen LogP contribution in [0.5, 0.6) is 0 Å². The molecule has 15 heteroatoms. The molecule has 4 saturated heterocycles. The first-order valence-corrected chi connectivity index (χ1v) is 24.6. The van der Waals surface area contributed by atoms with Gasteiger partial charge in [-0.1, -0.05) is 52.0 Å². The number of carbonyl (C=O) groups is 3.